The lowest BCUT2D eigenvalue weighted by Crippen LogP contribution is -2.32. The number of hydrogen-bond donors (Lipinski definition) is 3. The first-order valence-corrected chi connectivity index (χ1v) is 11.5. The van der Waals surface area contributed by atoms with Crippen molar-refractivity contribution in [3.8, 4) is 5.88 Å². The maximum absolute atomic E-state index is 11.2. The van der Waals surface area contributed by atoms with Gasteiger partial charge in [-0.15, -0.1) is 0 Å². The van der Waals surface area contributed by atoms with E-state index in [0.29, 0.717) is 24.0 Å². The number of nitrogens with zero attached hydrogens (tertiary/aromatic N) is 1. The van der Waals surface area contributed by atoms with Gasteiger partial charge in [-0.25, -0.2) is 4.79 Å². The summed E-state index contributed by atoms with van der Waals surface area (Å²) in [5.41, 5.74) is 3.83. The summed E-state index contributed by atoms with van der Waals surface area (Å²) in [7, 11) is 0. The van der Waals surface area contributed by atoms with Crippen molar-refractivity contribution in [2.75, 3.05) is 6.54 Å². The minimum Gasteiger partial charge on any atom is -0.449 e. The van der Waals surface area contributed by atoms with E-state index in [1.54, 1.807) is 18.2 Å². The van der Waals surface area contributed by atoms with Crippen LogP contribution in [-0.4, -0.2) is 33.5 Å². The first-order chi connectivity index (χ1) is 16.4. The fraction of sp³-hybridized carbons (Fsp3) is 0.222. The highest BCUT2D eigenvalue weighted by Crippen LogP contribution is 2.28. The van der Waals surface area contributed by atoms with Gasteiger partial charge < -0.3 is 24.8 Å². The fourth-order valence-electron chi connectivity index (χ4n) is 4.10. The second-order valence-corrected chi connectivity index (χ2v) is 8.84. The van der Waals surface area contributed by atoms with Gasteiger partial charge in [0.1, 0.15) is 0 Å². The third-order valence-electron chi connectivity index (χ3n) is 5.74. The average molecular weight is 479 g/mol. The molecule has 0 unspecified atom stereocenters. The van der Waals surface area contributed by atoms with Crippen LogP contribution >= 0.6 is 11.6 Å². The zero-order valence-electron chi connectivity index (χ0n) is 18.8. The van der Waals surface area contributed by atoms with Crippen LogP contribution < -0.4 is 10.1 Å². The summed E-state index contributed by atoms with van der Waals surface area (Å²) in [6.45, 7) is 2.98. The maximum Gasteiger partial charge on any atom is 0.512 e. The predicted molar refractivity (Wildman–Crippen MR) is 134 cm³/mol. The molecule has 0 aliphatic carbocycles. The molecule has 0 amide bonds. The van der Waals surface area contributed by atoms with E-state index >= 15 is 0 Å². The SMILES string of the molecule is C[C@H](Cc1ccc2c(c1)cc(OC(=O)O)n2Cc1ccccc1)NC[C@H](O)c1cccc(Cl)c1. The van der Waals surface area contributed by atoms with Gasteiger partial charge in [0, 0.05) is 29.1 Å². The topological polar surface area (TPSA) is 83.7 Å². The largest absolute Gasteiger partial charge is 0.512 e. The first-order valence-electron chi connectivity index (χ1n) is 11.1. The van der Waals surface area contributed by atoms with Crippen LogP contribution in [0.2, 0.25) is 5.02 Å². The van der Waals surface area contributed by atoms with Gasteiger partial charge in [0.15, 0.2) is 0 Å². The smallest absolute Gasteiger partial charge is 0.449 e. The van der Waals surface area contributed by atoms with E-state index in [1.165, 1.54) is 0 Å². The third-order valence-corrected chi connectivity index (χ3v) is 5.97. The van der Waals surface area contributed by atoms with Gasteiger partial charge in [-0.1, -0.05) is 60.1 Å². The number of aromatic nitrogens is 1. The Morgan fingerprint density at radius 2 is 1.82 bits per heavy atom. The molecule has 2 atom stereocenters. The van der Waals surface area contributed by atoms with Crippen LogP contribution in [0.15, 0.2) is 78.9 Å². The van der Waals surface area contributed by atoms with Crippen molar-refractivity contribution in [1.82, 2.24) is 9.88 Å². The molecule has 1 heterocycles. The predicted octanol–water partition coefficient (Wildman–Crippen LogP) is 5.65. The molecular formula is C27H27ClN2O4. The molecule has 3 N–H and O–H groups in total. The van der Waals surface area contributed by atoms with Crippen molar-refractivity contribution in [3.63, 3.8) is 0 Å². The molecule has 0 radical (unpaired) electrons. The minimum atomic E-state index is -1.34. The van der Waals surface area contributed by atoms with Crippen molar-refractivity contribution in [1.29, 1.82) is 0 Å². The Labute approximate surface area is 203 Å². The summed E-state index contributed by atoms with van der Waals surface area (Å²) in [6, 6.07) is 25.0. The standard InChI is InChI=1S/C27H27ClN2O4/c1-18(29-16-25(31)21-8-5-9-23(28)14-21)12-20-10-11-24-22(13-20)15-26(34-27(32)33)30(24)17-19-6-3-2-4-7-19/h2-11,13-15,18,25,29,31H,12,16-17H2,1H3,(H,32,33)/t18-,25+/m1/s1. The van der Waals surface area contributed by atoms with Crippen LogP contribution in [0.4, 0.5) is 4.79 Å². The Balaban J connectivity index is 1.47. The molecule has 0 saturated carbocycles. The minimum absolute atomic E-state index is 0.118. The number of carboxylic acid groups (broad SMARTS) is 1. The monoisotopic (exact) mass is 478 g/mol. The number of nitrogens with one attached hydrogen (secondary N) is 1. The number of hydrogen-bond acceptors (Lipinski definition) is 4. The highest BCUT2D eigenvalue weighted by atomic mass is 35.5. The molecule has 176 valence electrons. The summed E-state index contributed by atoms with van der Waals surface area (Å²) in [5, 5.41) is 24.5. The Morgan fingerprint density at radius 3 is 2.56 bits per heavy atom. The van der Waals surface area contributed by atoms with Gasteiger partial charge in [-0.3, -0.25) is 0 Å². The normalized spacial score (nSPS) is 13.0. The van der Waals surface area contributed by atoms with Crippen LogP contribution in [0.25, 0.3) is 10.9 Å². The number of ether oxygens (including phenoxy) is 1. The van der Waals surface area contributed by atoms with E-state index in [2.05, 4.69) is 18.3 Å². The molecule has 0 aliphatic rings. The average Bonchev–Trinajstić information content (AvgIpc) is 3.13. The van der Waals surface area contributed by atoms with Crippen molar-refractivity contribution >= 4 is 28.7 Å². The van der Waals surface area contributed by atoms with Gasteiger partial charge >= 0.3 is 6.16 Å². The zero-order chi connectivity index (χ0) is 24.1. The lowest BCUT2D eigenvalue weighted by Gasteiger charge is -2.18. The summed E-state index contributed by atoms with van der Waals surface area (Å²) in [5.74, 6) is 0.291. The van der Waals surface area contributed by atoms with Crippen LogP contribution in [-0.2, 0) is 13.0 Å². The molecule has 4 aromatic rings. The lowest BCUT2D eigenvalue weighted by atomic mass is 10.0. The number of carbonyl (C=O) groups is 1. The van der Waals surface area contributed by atoms with E-state index in [1.807, 2.05) is 59.2 Å². The van der Waals surface area contributed by atoms with E-state index < -0.39 is 12.3 Å². The Hall–Kier alpha value is -3.32. The van der Waals surface area contributed by atoms with Crippen LogP contribution in [0.1, 0.15) is 29.7 Å². The molecule has 0 aliphatic heterocycles. The second kappa shape index (κ2) is 10.7. The molecule has 0 spiro atoms. The van der Waals surface area contributed by atoms with Crippen LogP contribution in [0.3, 0.4) is 0 Å². The molecular weight excluding hydrogens is 452 g/mol. The van der Waals surface area contributed by atoms with Gasteiger partial charge in [-0.05, 0) is 54.3 Å². The van der Waals surface area contributed by atoms with Crippen molar-refractivity contribution in [3.05, 3.63) is 101 Å². The Morgan fingerprint density at radius 1 is 1.03 bits per heavy atom. The third kappa shape index (κ3) is 5.97. The van der Waals surface area contributed by atoms with Crippen molar-refractivity contribution < 1.29 is 19.7 Å². The summed E-state index contributed by atoms with van der Waals surface area (Å²) >= 11 is 6.02. The number of aliphatic hydroxyl groups excluding tert-OH is 1. The Kier molecular flexibility index (Phi) is 7.53. The number of aliphatic hydroxyl groups is 1. The van der Waals surface area contributed by atoms with E-state index in [0.717, 1.165) is 34.0 Å². The highest BCUT2D eigenvalue weighted by molar-refractivity contribution is 6.30. The highest BCUT2D eigenvalue weighted by Gasteiger charge is 2.15. The molecule has 0 bridgehead atoms. The quantitative estimate of drug-likeness (QED) is 0.270. The molecule has 3 aromatic carbocycles. The van der Waals surface area contributed by atoms with Crippen molar-refractivity contribution in [2.45, 2.75) is 32.0 Å². The lowest BCUT2D eigenvalue weighted by molar-refractivity contribution is 0.141. The summed E-state index contributed by atoms with van der Waals surface area (Å²) < 4.78 is 6.94. The van der Waals surface area contributed by atoms with E-state index in [4.69, 9.17) is 16.3 Å². The number of fused-ring (bicyclic) bond motifs is 1. The summed E-state index contributed by atoms with van der Waals surface area (Å²) in [4.78, 5) is 11.2. The van der Waals surface area contributed by atoms with E-state index in [9.17, 15) is 15.0 Å². The van der Waals surface area contributed by atoms with Crippen molar-refractivity contribution in [2.24, 2.45) is 0 Å². The number of halogens is 1. The number of benzene rings is 3. The van der Waals surface area contributed by atoms with Gasteiger partial charge in [0.05, 0.1) is 18.2 Å². The fourth-order valence-corrected chi connectivity index (χ4v) is 4.29. The zero-order valence-corrected chi connectivity index (χ0v) is 19.6. The van der Waals surface area contributed by atoms with Gasteiger partial charge in [0.25, 0.3) is 0 Å². The molecule has 0 saturated heterocycles. The van der Waals surface area contributed by atoms with E-state index in [-0.39, 0.29) is 6.04 Å². The first kappa shape index (κ1) is 23.8. The molecule has 1 aromatic heterocycles. The molecule has 0 fully saturated rings. The molecule has 6 nitrogen and oxygen atoms in total. The maximum atomic E-state index is 11.2. The summed E-state index contributed by atoms with van der Waals surface area (Å²) in [6.07, 6.45) is -1.24. The van der Waals surface area contributed by atoms with Crippen LogP contribution in [0.5, 0.6) is 5.88 Å². The number of rotatable bonds is 9. The van der Waals surface area contributed by atoms with Gasteiger partial charge in [0.2, 0.25) is 5.88 Å². The molecule has 34 heavy (non-hydrogen) atoms. The van der Waals surface area contributed by atoms with Crippen LogP contribution in [0, 0.1) is 0 Å². The Bertz CT molecular complexity index is 1270. The molecule has 4 rings (SSSR count). The second-order valence-electron chi connectivity index (χ2n) is 8.40. The van der Waals surface area contributed by atoms with Gasteiger partial charge in [-0.2, -0.15) is 0 Å². The molecule has 7 heteroatoms.